The third kappa shape index (κ3) is 3.23. The van der Waals surface area contributed by atoms with Crippen molar-refractivity contribution in [3.05, 3.63) is 70.5 Å². The van der Waals surface area contributed by atoms with Gasteiger partial charge in [0.1, 0.15) is 5.54 Å². The largest absolute Gasteiger partial charge is 0.334 e. The van der Waals surface area contributed by atoms with Crippen molar-refractivity contribution in [2.75, 3.05) is 0 Å². The number of rotatable bonds is 4. The molecule has 1 saturated heterocycles. The van der Waals surface area contributed by atoms with Crippen LogP contribution in [0.2, 0.25) is 5.02 Å². The summed E-state index contributed by atoms with van der Waals surface area (Å²) in [5.74, 6) is -2.60. The number of urea groups is 1. The SMILES string of the molecule is CC1(c2ccc(F)c(F)c2)NC(=O)N(Cc2noc(-c3ccccc3Cl)n2)C1=O. The molecule has 3 aromatic rings. The van der Waals surface area contributed by atoms with Gasteiger partial charge in [-0.15, -0.1) is 0 Å². The molecule has 1 aliphatic rings. The normalized spacial score (nSPS) is 19.0. The fourth-order valence-corrected chi connectivity index (χ4v) is 3.26. The maximum atomic E-state index is 13.6. The first kappa shape index (κ1) is 19.0. The van der Waals surface area contributed by atoms with Crippen LogP contribution < -0.4 is 5.32 Å². The second-order valence-electron chi connectivity index (χ2n) is 6.57. The highest BCUT2D eigenvalue weighted by molar-refractivity contribution is 6.33. The molecule has 3 amide bonds. The summed E-state index contributed by atoms with van der Waals surface area (Å²) in [6.45, 7) is 1.14. The molecule has 7 nitrogen and oxygen atoms in total. The zero-order chi connectivity index (χ0) is 20.8. The summed E-state index contributed by atoms with van der Waals surface area (Å²) in [5, 5.41) is 6.69. The minimum atomic E-state index is -1.55. The maximum Gasteiger partial charge on any atom is 0.325 e. The molecule has 0 bridgehead atoms. The van der Waals surface area contributed by atoms with Gasteiger partial charge in [-0.3, -0.25) is 9.69 Å². The van der Waals surface area contributed by atoms with Crippen LogP contribution >= 0.6 is 11.6 Å². The number of amides is 3. The Morgan fingerprint density at radius 1 is 1.17 bits per heavy atom. The van der Waals surface area contributed by atoms with E-state index in [0.717, 1.165) is 17.0 Å². The van der Waals surface area contributed by atoms with E-state index in [9.17, 15) is 18.4 Å². The molecule has 1 fully saturated rings. The van der Waals surface area contributed by atoms with E-state index in [1.807, 2.05) is 0 Å². The summed E-state index contributed by atoms with van der Waals surface area (Å²) in [5.41, 5.74) is -0.931. The second kappa shape index (κ2) is 6.93. The minimum Gasteiger partial charge on any atom is -0.334 e. The molecule has 0 aliphatic carbocycles. The standard InChI is InChI=1S/C19H13ClF2N4O3/c1-19(10-6-7-13(21)14(22)8-10)17(27)26(18(28)24-19)9-15-23-16(29-25-15)11-4-2-3-5-12(11)20/h2-8H,9H2,1H3,(H,24,28). The zero-order valence-electron chi connectivity index (χ0n) is 14.9. The monoisotopic (exact) mass is 418 g/mol. The summed E-state index contributed by atoms with van der Waals surface area (Å²) < 4.78 is 32.0. The highest BCUT2D eigenvalue weighted by atomic mass is 35.5. The van der Waals surface area contributed by atoms with Crippen LogP contribution in [0.1, 0.15) is 18.3 Å². The van der Waals surface area contributed by atoms with Crippen molar-refractivity contribution in [2.24, 2.45) is 0 Å². The van der Waals surface area contributed by atoms with E-state index in [2.05, 4.69) is 15.5 Å². The van der Waals surface area contributed by atoms with Crippen LogP contribution in [0.4, 0.5) is 13.6 Å². The van der Waals surface area contributed by atoms with Gasteiger partial charge in [0.05, 0.1) is 17.1 Å². The number of hydrogen-bond acceptors (Lipinski definition) is 5. The van der Waals surface area contributed by atoms with Crippen LogP contribution in [0.3, 0.4) is 0 Å². The average Bonchev–Trinajstić information content (AvgIpc) is 3.23. The molecule has 10 heteroatoms. The maximum absolute atomic E-state index is 13.6. The van der Waals surface area contributed by atoms with Crippen molar-refractivity contribution in [1.82, 2.24) is 20.4 Å². The summed E-state index contributed by atoms with van der Waals surface area (Å²) in [4.78, 5) is 30.3. The van der Waals surface area contributed by atoms with Gasteiger partial charge in [0.15, 0.2) is 17.5 Å². The number of carbonyl (C=O) groups is 2. The van der Waals surface area contributed by atoms with E-state index in [1.165, 1.54) is 13.0 Å². The number of carbonyl (C=O) groups excluding carboxylic acids is 2. The topological polar surface area (TPSA) is 88.3 Å². The Morgan fingerprint density at radius 3 is 2.66 bits per heavy atom. The Kier molecular flexibility index (Phi) is 4.54. The van der Waals surface area contributed by atoms with Crippen molar-refractivity contribution in [3.8, 4) is 11.5 Å². The van der Waals surface area contributed by atoms with Gasteiger partial charge >= 0.3 is 6.03 Å². The molecule has 1 unspecified atom stereocenters. The second-order valence-corrected chi connectivity index (χ2v) is 6.98. The number of halogens is 3. The number of aromatic nitrogens is 2. The summed E-state index contributed by atoms with van der Waals surface area (Å²) in [7, 11) is 0. The smallest absolute Gasteiger partial charge is 0.325 e. The highest BCUT2D eigenvalue weighted by Gasteiger charge is 2.49. The Bertz CT molecular complexity index is 1140. The molecule has 1 atom stereocenters. The number of nitrogens with one attached hydrogen (secondary N) is 1. The Labute approximate surface area is 168 Å². The molecule has 1 N–H and O–H groups in total. The van der Waals surface area contributed by atoms with E-state index in [1.54, 1.807) is 24.3 Å². The Hall–Kier alpha value is -3.33. The molecule has 0 radical (unpaired) electrons. The van der Waals surface area contributed by atoms with E-state index < -0.39 is 29.1 Å². The summed E-state index contributed by atoms with van der Waals surface area (Å²) in [6.07, 6.45) is 0. The Morgan fingerprint density at radius 2 is 1.93 bits per heavy atom. The van der Waals surface area contributed by atoms with Crippen molar-refractivity contribution in [3.63, 3.8) is 0 Å². The third-order valence-corrected chi connectivity index (χ3v) is 4.97. The molecule has 0 spiro atoms. The molecular formula is C19H13ClF2N4O3. The van der Waals surface area contributed by atoms with Crippen LogP contribution in [0, 0.1) is 11.6 Å². The van der Waals surface area contributed by atoms with Gasteiger partial charge in [0, 0.05) is 0 Å². The Balaban J connectivity index is 1.59. The van der Waals surface area contributed by atoms with Gasteiger partial charge in [-0.1, -0.05) is 35.0 Å². The van der Waals surface area contributed by atoms with Crippen LogP contribution in [0.15, 0.2) is 47.0 Å². The first-order valence-electron chi connectivity index (χ1n) is 8.47. The van der Waals surface area contributed by atoms with Crippen LogP contribution in [-0.2, 0) is 16.9 Å². The van der Waals surface area contributed by atoms with Crippen LogP contribution in [-0.4, -0.2) is 27.0 Å². The van der Waals surface area contributed by atoms with Gasteiger partial charge in [-0.2, -0.15) is 4.98 Å². The van der Waals surface area contributed by atoms with E-state index in [-0.39, 0.29) is 23.8 Å². The van der Waals surface area contributed by atoms with Crippen LogP contribution in [0.25, 0.3) is 11.5 Å². The van der Waals surface area contributed by atoms with Gasteiger partial charge in [0.25, 0.3) is 11.8 Å². The predicted octanol–water partition coefficient (Wildman–Crippen LogP) is 3.64. The fourth-order valence-electron chi connectivity index (χ4n) is 3.05. The number of hydrogen-bond donors (Lipinski definition) is 1. The quantitative estimate of drug-likeness (QED) is 0.653. The molecule has 4 rings (SSSR count). The number of benzene rings is 2. The predicted molar refractivity (Wildman–Crippen MR) is 97.5 cm³/mol. The van der Waals surface area contributed by atoms with E-state index >= 15 is 0 Å². The molecular weight excluding hydrogens is 406 g/mol. The fraction of sp³-hybridized carbons (Fsp3) is 0.158. The average molecular weight is 419 g/mol. The molecule has 148 valence electrons. The van der Waals surface area contributed by atoms with Gasteiger partial charge in [0.2, 0.25) is 0 Å². The first-order chi connectivity index (χ1) is 13.8. The lowest BCUT2D eigenvalue weighted by molar-refractivity contribution is -0.131. The lowest BCUT2D eigenvalue weighted by Gasteiger charge is -2.22. The van der Waals surface area contributed by atoms with Gasteiger partial charge < -0.3 is 9.84 Å². The summed E-state index contributed by atoms with van der Waals surface area (Å²) >= 11 is 6.10. The molecule has 29 heavy (non-hydrogen) atoms. The van der Waals surface area contributed by atoms with E-state index in [4.69, 9.17) is 16.1 Å². The number of imide groups is 1. The zero-order valence-corrected chi connectivity index (χ0v) is 15.7. The van der Waals surface area contributed by atoms with Crippen molar-refractivity contribution < 1.29 is 22.9 Å². The summed E-state index contributed by atoms with van der Waals surface area (Å²) in [6, 6.07) is 9.13. The number of nitrogens with zero attached hydrogens (tertiary/aromatic N) is 3. The molecule has 2 aromatic carbocycles. The van der Waals surface area contributed by atoms with Crippen molar-refractivity contribution >= 4 is 23.5 Å². The van der Waals surface area contributed by atoms with Gasteiger partial charge in [-0.05, 0) is 36.8 Å². The molecule has 1 aliphatic heterocycles. The lowest BCUT2D eigenvalue weighted by Crippen LogP contribution is -2.41. The van der Waals surface area contributed by atoms with Gasteiger partial charge in [-0.25, -0.2) is 13.6 Å². The minimum absolute atomic E-state index is 0.0814. The molecule has 1 aromatic heterocycles. The lowest BCUT2D eigenvalue weighted by atomic mass is 9.92. The third-order valence-electron chi connectivity index (χ3n) is 4.64. The highest BCUT2D eigenvalue weighted by Crippen LogP contribution is 2.31. The van der Waals surface area contributed by atoms with Crippen molar-refractivity contribution in [1.29, 1.82) is 0 Å². The van der Waals surface area contributed by atoms with E-state index in [0.29, 0.717) is 10.6 Å². The molecule has 0 saturated carbocycles. The first-order valence-corrected chi connectivity index (χ1v) is 8.84. The van der Waals surface area contributed by atoms with Crippen LogP contribution in [0.5, 0.6) is 0 Å². The van der Waals surface area contributed by atoms with Crippen molar-refractivity contribution in [2.45, 2.75) is 19.0 Å². The molecule has 2 heterocycles.